The summed E-state index contributed by atoms with van der Waals surface area (Å²) in [6.45, 7) is 1.88. The maximum absolute atomic E-state index is 9.47. The fraction of sp³-hybridized carbons (Fsp3) is 0.273. The topological polar surface area (TPSA) is 29.5 Å². The molecule has 1 aromatic rings. The van der Waals surface area contributed by atoms with Crippen molar-refractivity contribution in [3.05, 3.63) is 40.4 Å². The third kappa shape index (κ3) is 3.74. The number of ether oxygens (including phenoxy) is 1. The number of halogens is 2. The lowest BCUT2D eigenvalue weighted by Crippen LogP contribution is -2.01. The van der Waals surface area contributed by atoms with Crippen LogP contribution in [0.15, 0.2) is 34.8 Å². The lowest BCUT2D eigenvalue weighted by molar-refractivity contribution is 0.193. The van der Waals surface area contributed by atoms with Gasteiger partial charge in [-0.3, -0.25) is 0 Å². The van der Waals surface area contributed by atoms with Crippen LogP contribution in [0.3, 0.4) is 0 Å². The molecular formula is C11H12Cl2O2. The Labute approximate surface area is 99.1 Å². The van der Waals surface area contributed by atoms with Crippen LogP contribution in [-0.4, -0.2) is 11.7 Å². The van der Waals surface area contributed by atoms with Gasteiger partial charge in [-0.05, 0) is 13.0 Å². The molecule has 0 unspecified atom stereocenters. The van der Waals surface area contributed by atoms with Crippen molar-refractivity contribution < 1.29 is 9.84 Å². The lowest BCUT2D eigenvalue weighted by atomic mass is 10.1. The Morgan fingerprint density at radius 2 is 2.20 bits per heavy atom. The quantitative estimate of drug-likeness (QED) is 0.883. The van der Waals surface area contributed by atoms with Crippen LogP contribution in [0.2, 0.25) is 0 Å². The molecular weight excluding hydrogens is 235 g/mol. The molecule has 2 nitrogen and oxygen atoms in total. The van der Waals surface area contributed by atoms with E-state index in [1.54, 1.807) is 19.1 Å². The molecule has 0 amide bonds. The first kappa shape index (κ1) is 12.4. The lowest BCUT2D eigenvalue weighted by Gasteiger charge is -2.12. The van der Waals surface area contributed by atoms with E-state index in [0.717, 1.165) is 5.56 Å². The predicted molar refractivity (Wildman–Crippen MR) is 62.4 cm³/mol. The SMILES string of the molecule is C[C@@H](O)c1ccccc1OCC(Cl)=CCl. The van der Waals surface area contributed by atoms with Gasteiger partial charge < -0.3 is 9.84 Å². The van der Waals surface area contributed by atoms with E-state index in [1.165, 1.54) is 5.54 Å². The van der Waals surface area contributed by atoms with Gasteiger partial charge in [0.05, 0.1) is 11.1 Å². The van der Waals surface area contributed by atoms with Crippen molar-refractivity contribution in [3.63, 3.8) is 0 Å². The molecule has 0 aromatic heterocycles. The Morgan fingerprint density at radius 3 is 2.80 bits per heavy atom. The van der Waals surface area contributed by atoms with Crippen molar-refractivity contribution in [2.24, 2.45) is 0 Å². The third-order valence-corrected chi connectivity index (χ3v) is 2.45. The van der Waals surface area contributed by atoms with Crippen LogP contribution in [0.5, 0.6) is 5.75 Å². The highest BCUT2D eigenvalue weighted by atomic mass is 35.5. The van der Waals surface area contributed by atoms with E-state index >= 15 is 0 Å². The molecule has 0 spiro atoms. The minimum Gasteiger partial charge on any atom is -0.488 e. The first-order valence-electron chi connectivity index (χ1n) is 4.49. The van der Waals surface area contributed by atoms with Crippen molar-refractivity contribution in [3.8, 4) is 5.75 Å². The van der Waals surface area contributed by atoms with Gasteiger partial charge in [0, 0.05) is 11.1 Å². The number of benzene rings is 1. The molecule has 4 heteroatoms. The summed E-state index contributed by atoms with van der Waals surface area (Å²) in [5, 5.41) is 9.89. The molecule has 1 rings (SSSR count). The Hall–Kier alpha value is -0.700. The predicted octanol–water partition coefficient (Wildman–Crippen LogP) is 3.44. The molecule has 82 valence electrons. The summed E-state index contributed by atoms with van der Waals surface area (Å²) in [5.74, 6) is 0.615. The van der Waals surface area contributed by atoms with E-state index in [9.17, 15) is 5.11 Å². The Balaban J connectivity index is 2.76. The fourth-order valence-electron chi connectivity index (χ4n) is 1.14. The second-order valence-electron chi connectivity index (χ2n) is 3.06. The van der Waals surface area contributed by atoms with Crippen molar-refractivity contribution >= 4 is 23.2 Å². The molecule has 15 heavy (non-hydrogen) atoms. The monoisotopic (exact) mass is 246 g/mol. The summed E-state index contributed by atoms with van der Waals surface area (Å²) in [6.07, 6.45) is -0.569. The van der Waals surface area contributed by atoms with Crippen molar-refractivity contribution in [1.82, 2.24) is 0 Å². The maximum Gasteiger partial charge on any atom is 0.125 e. The summed E-state index contributed by atoms with van der Waals surface area (Å²) in [6, 6.07) is 7.26. The highest BCUT2D eigenvalue weighted by Gasteiger charge is 2.08. The molecule has 0 heterocycles. The minimum atomic E-state index is -0.569. The van der Waals surface area contributed by atoms with Gasteiger partial charge in [0.25, 0.3) is 0 Å². The minimum absolute atomic E-state index is 0.203. The number of para-hydroxylation sites is 1. The Kier molecular flexibility index (Phi) is 4.95. The average molecular weight is 247 g/mol. The summed E-state index contributed by atoms with van der Waals surface area (Å²) in [4.78, 5) is 0. The largest absolute Gasteiger partial charge is 0.488 e. The molecule has 0 saturated carbocycles. The van der Waals surface area contributed by atoms with Crippen LogP contribution < -0.4 is 4.74 Å². The van der Waals surface area contributed by atoms with Gasteiger partial charge in [-0.2, -0.15) is 0 Å². The van der Waals surface area contributed by atoms with E-state index in [0.29, 0.717) is 10.8 Å². The zero-order valence-electron chi connectivity index (χ0n) is 8.28. The van der Waals surface area contributed by atoms with Crippen molar-refractivity contribution in [2.45, 2.75) is 13.0 Å². The molecule has 0 aliphatic carbocycles. The second kappa shape index (κ2) is 6.01. The zero-order valence-corrected chi connectivity index (χ0v) is 9.79. The molecule has 0 aliphatic heterocycles. The highest BCUT2D eigenvalue weighted by Crippen LogP contribution is 2.25. The second-order valence-corrected chi connectivity index (χ2v) is 3.76. The van der Waals surface area contributed by atoms with Gasteiger partial charge in [0.1, 0.15) is 12.4 Å². The van der Waals surface area contributed by atoms with E-state index < -0.39 is 6.10 Å². The Morgan fingerprint density at radius 1 is 1.53 bits per heavy atom. The van der Waals surface area contributed by atoms with Gasteiger partial charge in [-0.25, -0.2) is 0 Å². The van der Waals surface area contributed by atoms with Gasteiger partial charge in [0.15, 0.2) is 0 Å². The van der Waals surface area contributed by atoms with Gasteiger partial charge in [0.2, 0.25) is 0 Å². The van der Waals surface area contributed by atoms with Gasteiger partial charge >= 0.3 is 0 Å². The van der Waals surface area contributed by atoms with E-state index in [1.807, 2.05) is 12.1 Å². The molecule has 0 radical (unpaired) electrons. The molecule has 1 aromatic carbocycles. The van der Waals surface area contributed by atoms with Crippen LogP contribution in [0, 0.1) is 0 Å². The summed E-state index contributed by atoms with van der Waals surface area (Å²) in [5.41, 5.74) is 1.99. The Bertz CT molecular complexity index is 348. The summed E-state index contributed by atoms with van der Waals surface area (Å²) in [7, 11) is 0. The highest BCUT2D eigenvalue weighted by molar-refractivity contribution is 6.36. The van der Waals surface area contributed by atoms with Crippen molar-refractivity contribution in [1.29, 1.82) is 0 Å². The summed E-state index contributed by atoms with van der Waals surface area (Å²) >= 11 is 11.1. The molecule has 1 atom stereocenters. The van der Waals surface area contributed by atoms with E-state index in [4.69, 9.17) is 27.9 Å². The van der Waals surface area contributed by atoms with Gasteiger partial charge in [-0.1, -0.05) is 41.4 Å². The number of rotatable bonds is 4. The average Bonchev–Trinajstić information content (AvgIpc) is 2.26. The third-order valence-electron chi connectivity index (χ3n) is 1.85. The zero-order chi connectivity index (χ0) is 11.3. The molecule has 0 saturated heterocycles. The molecule has 0 bridgehead atoms. The standard InChI is InChI=1S/C11H12Cl2O2/c1-8(14)10-4-2-3-5-11(10)15-7-9(13)6-12/h2-6,8,14H,7H2,1H3/t8-/m1/s1. The molecule has 0 fully saturated rings. The first-order valence-corrected chi connectivity index (χ1v) is 5.31. The van der Waals surface area contributed by atoms with Crippen LogP contribution in [-0.2, 0) is 0 Å². The number of aliphatic hydroxyl groups is 1. The van der Waals surface area contributed by atoms with Crippen LogP contribution >= 0.6 is 23.2 Å². The van der Waals surface area contributed by atoms with E-state index in [2.05, 4.69) is 0 Å². The van der Waals surface area contributed by atoms with Crippen LogP contribution in [0.25, 0.3) is 0 Å². The number of aliphatic hydroxyl groups excluding tert-OH is 1. The number of hydrogen-bond donors (Lipinski definition) is 1. The van der Waals surface area contributed by atoms with Crippen LogP contribution in [0.1, 0.15) is 18.6 Å². The van der Waals surface area contributed by atoms with Crippen LogP contribution in [0.4, 0.5) is 0 Å². The normalized spacial score (nSPS) is 13.7. The smallest absolute Gasteiger partial charge is 0.125 e. The van der Waals surface area contributed by atoms with E-state index in [-0.39, 0.29) is 6.61 Å². The fourth-order valence-corrected chi connectivity index (χ4v) is 1.25. The maximum atomic E-state index is 9.47. The van der Waals surface area contributed by atoms with Gasteiger partial charge in [-0.15, -0.1) is 0 Å². The molecule has 0 aliphatic rings. The number of hydrogen-bond acceptors (Lipinski definition) is 2. The molecule has 1 N–H and O–H groups in total. The summed E-state index contributed by atoms with van der Waals surface area (Å²) < 4.78 is 5.41. The first-order chi connectivity index (χ1) is 7.15. The van der Waals surface area contributed by atoms with Crippen molar-refractivity contribution in [2.75, 3.05) is 6.61 Å².